The summed E-state index contributed by atoms with van der Waals surface area (Å²) in [4.78, 5) is 0. The van der Waals surface area contributed by atoms with E-state index in [-0.39, 0.29) is 0 Å². The maximum Gasteiger partial charge on any atom is 0.00109 e. The van der Waals surface area contributed by atoms with E-state index >= 15 is 0 Å². The van der Waals surface area contributed by atoms with Gasteiger partial charge in [0.2, 0.25) is 0 Å². The van der Waals surface area contributed by atoms with E-state index in [4.69, 9.17) is 0 Å². The molecule has 1 heteroatoms. The molecule has 88 valence electrons. The van der Waals surface area contributed by atoms with Gasteiger partial charge in [-0.2, -0.15) is 0 Å². The summed E-state index contributed by atoms with van der Waals surface area (Å²) < 4.78 is 0. The number of aryl methyl sites for hydroxylation is 1. The first-order chi connectivity index (χ1) is 7.74. The Morgan fingerprint density at radius 2 is 1.88 bits per heavy atom. The SMILES string of the molecule is CCNCC1(Cc2ccc(C)cc2)CCC1. The quantitative estimate of drug-likeness (QED) is 0.798. The molecule has 0 unspecified atom stereocenters. The van der Waals surface area contributed by atoms with Crippen molar-refractivity contribution in [3.05, 3.63) is 35.4 Å². The molecule has 1 fully saturated rings. The van der Waals surface area contributed by atoms with Gasteiger partial charge in [-0.25, -0.2) is 0 Å². The predicted molar refractivity (Wildman–Crippen MR) is 69.7 cm³/mol. The second-order valence-corrected chi connectivity index (χ2v) is 5.30. The van der Waals surface area contributed by atoms with Crippen molar-refractivity contribution in [1.82, 2.24) is 5.32 Å². The van der Waals surface area contributed by atoms with Gasteiger partial charge in [-0.1, -0.05) is 43.2 Å². The van der Waals surface area contributed by atoms with E-state index in [0.29, 0.717) is 5.41 Å². The molecular weight excluding hydrogens is 194 g/mol. The van der Waals surface area contributed by atoms with E-state index in [1.165, 1.54) is 43.4 Å². The summed E-state index contributed by atoms with van der Waals surface area (Å²) in [6.07, 6.45) is 5.46. The highest BCUT2D eigenvalue weighted by Crippen LogP contribution is 2.43. The van der Waals surface area contributed by atoms with Gasteiger partial charge in [-0.05, 0) is 43.7 Å². The molecule has 1 nitrogen and oxygen atoms in total. The van der Waals surface area contributed by atoms with Crippen LogP contribution in [0.4, 0.5) is 0 Å². The number of benzene rings is 1. The van der Waals surface area contributed by atoms with Crippen molar-refractivity contribution >= 4 is 0 Å². The van der Waals surface area contributed by atoms with Gasteiger partial charge in [-0.3, -0.25) is 0 Å². The summed E-state index contributed by atoms with van der Waals surface area (Å²) >= 11 is 0. The van der Waals surface area contributed by atoms with Crippen LogP contribution in [0.5, 0.6) is 0 Å². The van der Waals surface area contributed by atoms with Crippen LogP contribution in [0.2, 0.25) is 0 Å². The summed E-state index contributed by atoms with van der Waals surface area (Å²) in [6.45, 7) is 6.63. The lowest BCUT2D eigenvalue weighted by Crippen LogP contribution is -2.41. The molecule has 1 aliphatic carbocycles. The molecule has 2 rings (SSSR count). The number of hydrogen-bond acceptors (Lipinski definition) is 1. The van der Waals surface area contributed by atoms with Gasteiger partial charge in [0, 0.05) is 6.54 Å². The minimum absolute atomic E-state index is 0.561. The molecule has 0 atom stereocenters. The van der Waals surface area contributed by atoms with Gasteiger partial charge in [0.15, 0.2) is 0 Å². The normalized spacial score (nSPS) is 18.1. The topological polar surface area (TPSA) is 12.0 Å². The third kappa shape index (κ3) is 2.65. The fourth-order valence-corrected chi connectivity index (χ4v) is 2.62. The van der Waals surface area contributed by atoms with Crippen molar-refractivity contribution in [3.63, 3.8) is 0 Å². The molecule has 0 bridgehead atoms. The van der Waals surface area contributed by atoms with Crippen LogP contribution in [-0.4, -0.2) is 13.1 Å². The van der Waals surface area contributed by atoms with Gasteiger partial charge in [0.25, 0.3) is 0 Å². The average molecular weight is 217 g/mol. The molecule has 0 aromatic heterocycles. The maximum atomic E-state index is 3.52. The van der Waals surface area contributed by atoms with Crippen LogP contribution in [0.25, 0.3) is 0 Å². The lowest BCUT2D eigenvalue weighted by molar-refractivity contribution is 0.131. The molecule has 0 heterocycles. The Balaban J connectivity index is 1.98. The fourth-order valence-electron chi connectivity index (χ4n) is 2.62. The minimum atomic E-state index is 0.561. The number of rotatable bonds is 5. The van der Waals surface area contributed by atoms with Crippen LogP contribution >= 0.6 is 0 Å². The zero-order chi connectivity index (χ0) is 11.4. The Morgan fingerprint density at radius 1 is 1.19 bits per heavy atom. The van der Waals surface area contributed by atoms with Crippen molar-refractivity contribution in [3.8, 4) is 0 Å². The third-order valence-corrected chi connectivity index (χ3v) is 3.86. The Bertz CT molecular complexity index is 322. The molecular formula is C15H23N. The molecule has 1 saturated carbocycles. The van der Waals surface area contributed by atoms with Gasteiger partial charge >= 0.3 is 0 Å². The van der Waals surface area contributed by atoms with E-state index in [9.17, 15) is 0 Å². The van der Waals surface area contributed by atoms with Crippen molar-refractivity contribution < 1.29 is 0 Å². The molecule has 0 amide bonds. The Labute approximate surface area is 99.3 Å². The molecule has 0 aliphatic heterocycles. The molecule has 0 spiro atoms. The van der Waals surface area contributed by atoms with Crippen LogP contribution < -0.4 is 5.32 Å². The van der Waals surface area contributed by atoms with Crippen molar-refractivity contribution in [2.75, 3.05) is 13.1 Å². The van der Waals surface area contributed by atoms with E-state index in [1.54, 1.807) is 0 Å². The van der Waals surface area contributed by atoms with Crippen LogP contribution in [-0.2, 0) is 6.42 Å². The lowest BCUT2D eigenvalue weighted by Gasteiger charge is -2.42. The average Bonchev–Trinajstić information content (AvgIpc) is 2.25. The molecule has 0 radical (unpaired) electrons. The summed E-state index contributed by atoms with van der Waals surface area (Å²) in [5, 5.41) is 3.52. The Morgan fingerprint density at radius 3 is 2.38 bits per heavy atom. The summed E-state index contributed by atoms with van der Waals surface area (Å²) in [5.41, 5.74) is 3.42. The van der Waals surface area contributed by atoms with Crippen molar-refractivity contribution in [1.29, 1.82) is 0 Å². The van der Waals surface area contributed by atoms with Gasteiger partial charge in [-0.15, -0.1) is 0 Å². The zero-order valence-electron chi connectivity index (χ0n) is 10.6. The molecule has 1 N–H and O–H groups in total. The van der Waals surface area contributed by atoms with Crippen LogP contribution in [0.3, 0.4) is 0 Å². The Kier molecular flexibility index (Phi) is 3.65. The van der Waals surface area contributed by atoms with Gasteiger partial charge in [0.05, 0.1) is 0 Å². The largest absolute Gasteiger partial charge is 0.316 e. The van der Waals surface area contributed by atoms with Gasteiger partial charge < -0.3 is 5.32 Å². The summed E-state index contributed by atoms with van der Waals surface area (Å²) in [6, 6.07) is 9.05. The zero-order valence-corrected chi connectivity index (χ0v) is 10.6. The standard InChI is InChI=1S/C15H23N/c1-3-16-12-15(9-4-10-15)11-14-7-5-13(2)6-8-14/h5-8,16H,3-4,9-12H2,1-2H3. The molecule has 0 saturated heterocycles. The smallest absolute Gasteiger partial charge is 0.00109 e. The first-order valence-electron chi connectivity index (χ1n) is 6.50. The maximum absolute atomic E-state index is 3.52. The van der Waals surface area contributed by atoms with E-state index in [2.05, 4.69) is 43.4 Å². The molecule has 1 aromatic rings. The first kappa shape index (κ1) is 11.7. The van der Waals surface area contributed by atoms with E-state index < -0.39 is 0 Å². The van der Waals surface area contributed by atoms with Crippen LogP contribution in [0, 0.1) is 12.3 Å². The highest BCUT2D eigenvalue weighted by atomic mass is 14.9. The first-order valence-corrected chi connectivity index (χ1v) is 6.50. The van der Waals surface area contributed by atoms with E-state index in [1.807, 2.05) is 0 Å². The number of hydrogen-bond donors (Lipinski definition) is 1. The number of nitrogens with one attached hydrogen (secondary N) is 1. The molecule has 1 aliphatic rings. The molecule has 16 heavy (non-hydrogen) atoms. The van der Waals surface area contributed by atoms with E-state index in [0.717, 1.165) is 6.54 Å². The Hall–Kier alpha value is -0.820. The van der Waals surface area contributed by atoms with Crippen LogP contribution in [0.15, 0.2) is 24.3 Å². The third-order valence-electron chi connectivity index (χ3n) is 3.86. The monoisotopic (exact) mass is 217 g/mol. The summed E-state index contributed by atoms with van der Waals surface area (Å²) in [7, 11) is 0. The predicted octanol–water partition coefficient (Wildman–Crippen LogP) is 3.32. The second kappa shape index (κ2) is 5.01. The highest BCUT2D eigenvalue weighted by molar-refractivity contribution is 5.23. The van der Waals surface area contributed by atoms with Gasteiger partial charge in [0.1, 0.15) is 0 Å². The highest BCUT2D eigenvalue weighted by Gasteiger charge is 2.36. The van der Waals surface area contributed by atoms with Crippen LogP contribution in [0.1, 0.15) is 37.3 Å². The second-order valence-electron chi connectivity index (χ2n) is 5.30. The van der Waals surface area contributed by atoms with Crippen molar-refractivity contribution in [2.24, 2.45) is 5.41 Å². The summed E-state index contributed by atoms with van der Waals surface area (Å²) in [5.74, 6) is 0. The van der Waals surface area contributed by atoms with Crippen molar-refractivity contribution in [2.45, 2.75) is 39.5 Å². The molecule has 1 aromatic carbocycles. The fraction of sp³-hybridized carbons (Fsp3) is 0.600. The lowest BCUT2D eigenvalue weighted by atomic mass is 9.65. The minimum Gasteiger partial charge on any atom is -0.316 e.